The van der Waals surface area contributed by atoms with Crippen LogP contribution in [0.3, 0.4) is 0 Å². The van der Waals surface area contributed by atoms with E-state index in [4.69, 9.17) is 0 Å². The van der Waals surface area contributed by atoms with Gasteiger partial charge in [-0.1, -0.05) is 0 Å². The lowest BCUT2D eigenvalue weighted by atomic mass is 10.2. The van der Waals surface area contributed by atoms with E-state index in [1.165, 1.54) is 0 Å². The number of carbonyl (C=O) groups excluding carboxylic acids is 1. The van der Waals surface area contributed by atoms with Crippen LogP contribution in [0.4, 0.5) is 24.5 Å². The van der Waals surface area contributed by atoms with E-state index in [0.29, 0.717) is 17.0 Å². The molecular formula is C16H17F3N4OS. The fourth-order valence-corrected chi connectivity index (χ4v) is 3.32. The normalized spacial score (nSPS) is 16.1. The van der Waals surface area contributed by atoms with Gasteiger partial charge in [0.1, 0.15) is 4.88 Å². The number of thiazole rings is 1. The minimum atomic E-state index is -4.64. The van der Waals surface area contributed by atoms with Crippen molar-refractivity contribution in [2.75, 3.05) is 43.4 Å². The fraction of sp³-hybridized carbons (Fsp3) is 0.375. The molecule has 1 aliphatic heterocycles. The first-order chi connectivity index (χ1) is 11.8. The van der Waals surface area contributed by atoms with Crippen LogP contribution in [0, 0.1) is 0 Å². The number of nitrogens with zero attached hydrogens (tertiary/aromatic N) is 3. The highest BCUT2D eigenvalue weighted by molar-refractivity contribution is 7.12. The van der Waals surface area contributed by atoms with Gasteiger partial charge in [-0.2, -0.15) is 13.2 Å². The Bertz CT molecular complexity index is 737. The lowest BCUT2D eigenvalue weighted by Gasteiger charge is -2.34. The minimum absolute atomic E-state index is 0.435. The summed E-state index contributed by atoms with van der Waals surface area (Å²) in [6.07, 6.45) is -4.64. The third kappa shape index (κ3) is 4.10. The number of carbonyl (C=O) groups is 1. The molecule has 1 fully saturated rings. The first kappa shape index (κ1) is 17.7. The van der Waals surface area contributed by atoms with Gasteiger partial charge in [-0.15, -0.1) is 11.3 Å². The number of benzene rings is 1. The molecule has 0 bridgehead atoms. The van der Waals surface area contributed by atoms with Crippen LogP contribution in [-0.2, 0) is 6.18 Å². The summed E-state index contributed by atoms with van der Waals surface area (Å²) in [5.74, 6) is -0.804. The molecular weight excluding hydrogens is 353 g/mol. The van der Waals surface area contributed by atoms with Crippen LogP contribution in [0.1, 0.15) is 15.4 Å². The average molecular weight is 370 g/mol. The molecule has 1 aromatic heterocycles. The zero-order valence-electron chi connectivity index (χ0n) is 13.5. The molecule has 1 amide bonds. The minimum Gasteiger partial charge on any atom is -0.369 e. The van der Waals surface area contributed by atoms with E-state index in [9.17, 15) is 18.0 Å². The van der Waals surface area contributed by atoms with Crippen LogP contribution in [0.5, 0.6) is 0 Å². The molecule has 0 unspecified atom stereocenters. The third-order valence-electron chi connectivity index (χ3n) is 4.04. The molecule has 0 atom stereocenters. The number of alkyl halides is 3. The second kappa shape index (κ2) is 7.01. The zero-order chi connectivity index (χ0) is 18.0. The Morgan fingerprint density at radius 2 is 1.80 bits per heavy atom. The van der Waals surface area contributed by atoms with Crippen LogP contribution < -0.4 is 10.2 Å². The van der Waals surface area contributed by atoms with Gasteiger partial charge in [0.2, 0.25) is 0 Å². The Hall–Kier alpha value is -2.13. The molecule has 1 N–H and O–H groups in total. The number of hydrogen-bond donors (Lipinski definition) is 1. The standard InChI is InChI=1S/C16H17F3N4OS/c1-22-6-8-23(9-7-22)12-4-2-11(3-5-12)21-15(24)13-14(16(17,18)19)20-10-25-13/h2-5,10H,6-9H2,1H3,(H,21,24). The summed E-state index contributed by atoms with van der Waals surface area (Å²) in [6.45, 7) is 3.78. The molecule has 0 spiro atoms. The number of hydrogen-bond acceptors (Lipinski definition) is 5. The maximum atomic E-state index is 12.8. The predicted octanol–water partition coefficient (Wildman–Crippen LogP) is 3.17. The number of aromatic nitrogens is 1. The van der Waals surface area contributed by atoms with Crippen molar-refractivity contribution < 1.29 is 18.0 Å². The summed E-state index contributed by atoms with van der Waals surface area (Å²) in [5, 5.41) is 2.50. The van der Waals surface area contributed by atoms with Crippen molar-refractivity contribution in [3.05, 3.63) is 40.3 Å². The molecule has 1 aliphatic rings. The van der Waals surface area contributed by atoms with Crippen LogP contribution in [-0.4, -0.2) is 49.0 Å². The number of anilines is 2. The first-order valence-corrected chi connectivity index (χ1v) is 8.58. The van der Waals surface area contributed by atoms with Gasteiger partial charge in [0.15, 0.2) is 5.69 Å². The van der Waals surface area contributed by atoms with E-state index in [2.05, 4.69) is 27.1 Å². The maximum Gasteiger partial charge on any atom is 0.434 e. The molecule has 3 rings (SSSR count). The molecule has 9 heteroatoms. The van der Waals surface area contributed by atoms with Crippen molar-refractivity contribution in [2.45, 2.75) is 6.18 Å². The molecule has 1 saturated heterocycles. The maximum absolute atomic E-state index is 12.8. The number of amides is 1. The smallest absolute Gasteiger partial charge is 0.369 e. The number of halogens is 3. The van der Waals surface area contributed by atoms with E-state index >= 15 is 0 Å². The predicted molar refractivity (Wildman–Crippen MR) is 91.2 cm³/mol. The molecule has 134 valence electrons. The van der Waals surface area contributed by atoms with E-state index in [0.717, 1.165) is 37.4 Å². The van der Waals surface area contributed by atoms with Crippen molar-refractivity contribution >= 4 is 28.6 Å². The van der Waals surface area contributed by atoms with E-state index in [1.54, 1.807) is 12.1 Å². The van der Waals surface area contributed by atoms with E-state index in [1.807, 2.05) is 12.1 Å². The van der Waals surface area contributed by atoms with Crippen LogP contribution >= 0.6 is 11.3 Å². The Morgan fingerprint density at radius 3 is 2.40 bits per heavy atom. The van der Waals surface area contributed by atoms with Gasteiger partial charge in [-0.05, 0) is 31.3 Å². The van der Waals surface area contributed by atoms with Gasteiger partial charge in [-0.3, -0.25) is 4.79 Å². The number of rotatable bonds is 3. The second-order valence-electron chi connectivity index (χ2n) is 5.82. The quantitative estimate of drug-likeness (QED) is 0.902. The summed E-state index contributed by atoms with van der Waals surface area (Å²) in [7, 11) is 2.07. The van der Waals surface area contributed by atoms with Crippen LogP contribution in [0.2, 0.25) is 0 Å². The van der Waals surface area contributed by atoms with Gasteiger partial charge < -0.3 is 15.1 Å². The third-order valence-corrected chi connectivity index (χ3v) is 4.86. The second-order valence-corrected chi connectivity index (χ2v) is 6.67. The lowest BCUT2D eigenvalue weighted by Crippen LogP contribution is -2.44. The molecule has 0 radical (unpaired) electrons. The van der Waals surface area contributed by atoms with Crippen molar-refractivity contribution in [1.29, 1.82) is 0 Å². The molecule has 5 nitrogen and oxygen atoms in total. The Labute approximate surface area is 147 Å². The van der Waals surface area contributed by atoms with Crippen LogP contribution in [0.15, 0.2) is 29.8 Å². The molecule has 0 saturated carbocycles. The topological polar surface area (TPSA) is 48.5 Å². The van der Waals surface area contributed by atoms with Gasteiger partial charge >= 0.3 is 6.18 Å². The first-order valence-electron chi connectivity index (χ1n) is 7.70. The van der Waals surface area contributed by atoms with E-state index in [-0.39, 0.29) is 0 Å². The molecule has 2 aromatic rings. The van der Waals surface area contributed by atoms with Crippen LogP contribution in [0.25, 0.3) is 0 Å². The molecule has 25 heavy (non-hydrogen) atoms. The molecule has 2 heterocycles. The largest absolute Gasteiger partial charge is 0.434 e. The number of likely N-dealkylation sites (N-methyl/N-ethyl adjacent to an activating group) is 1. The summed E-state index contributed by atoms with van der Waals surface area (Å²) in [4.78, 5) is 19.4. The van der Waals surface area contributed by atoms with Gasteiger partial charge in [-0.25, -0.2) is 4.98 Å². The van der Waals surface area contributed by atoms with Gasteiger partial charge in [0.25, 0.3) is 5.91 Å². The Morgan fingerprint density at radius 1 is 1.16 bits per heavy atom. The van der Waals surface area contributed by atoms with E-state index < -0.39 is 22.7 Å². The van der Waals surface area contributed by atoms with Crippen molar-refractivity contribution in [2.24, 2.45) is 0 Å². The van der Waals surface area contributed by atoms with Crippen molar-refractivity contribution in [3.63, 3.8) is 0 Å². The Balaban J connectivity index is 1.68. The zero-order valence-corrected chi connectivity index (χ0v) is 14.3. The summed E-state index contributed by atoms with van der Waals surface area (Å²) >= 11 is 0.674. The summed E-state index contributed by atoms with van der Waals surface area (Å²) in [6, 6.07) is 7.11. The summed E-state index contributed by atoms with van der Waals surface area (Å²) in [5.41, 5.74) is 1.35. The highest BCUT2D eigenvalue weighted by Gasteiger charge is 2.38. The van der Waals surface area contributed by atoms with Crippen molar-refractivity contribution in [1.82, 2.24) is 9.88 Å². The lowest BCUT2D eigenvalue weighted by molar-refractivity contribution is -0.141. The number of nitrogens with one attached hydrogen (secondary N) is 1. The summed E-state index contributed by atoms with van der Waals surface area (Å²) < 4.78 is 38.5. The number of piperazine rings is 1. The fourth-order valence-electron chi connectivity index (χ4n) is 2.62. The van der Waals surface area contributed by atoms with Crippen molar-refractivity contribution in [3.8, 4) is 0 Å². The van der Waals surface area contributed by atoms with Gasteiger partial charge in [0, 0.05) is 37.6 Å². The average Bonchev–Trinajstić information content (AvgIpc) is 3.06. The highest BCUT2D eigenvalue weighted by Crippen LogP contribution is 2.33. The Kier molecular flexibility index (Phi) is 4.96. The molecule has 1 aromatic carbocycles. The monoisotopic (exact) mass is 370 g/mol. The van der Waals surface area contributed by atoms with Gasteiger partial charge in [0.05, 0.1) is 5.51 Å². The molecule has 0 aliphatic carbocycles. The highest BCUT2D eigenvalue weighted by atomic mass is 32.1. The SMILES string of the molecule is CN1CCN(c2ccc(NC(=O)c3scnc3C(F)(F)F)cc2)CC1.